The number of amides is 1. The lowest BCUT2D eigenvalue weighted by atomic mass is 9.86. The molecule has 3 rings (SSSR count). The molecule has 1 amide bonds. The summed E-state index contributed by atoms with van der Waals surface area (Å²) in [4.78, 5) is 20.9. The summed E-state index contributed by atoms with van der Waals surface area (Å²) in [6.45, 7) is 3.67. The normalized spacial score (nSPS) is 19.1. The van der Waals surface area contributed by atoms with E-state index in [2.05, 4.69) is 20.6 Å². The summed E-state index contributed by atoms with van der Waals surface area (Å²) < 4.78 is 41.7. The number of nitrogens with one attached hydrogen (secondary N) is 2. The Morgan fingerprint density at radius 3 is 2.48 bits per heavy atom. The van der Waals surface area contributed by atoms with Gasteiger partial charge < -0.3 is 10.6 Å². The fraction of sp³-hybridized carbons (Fsp3) is 0.450. The molecule has 0 atom stereocenters. The van der Waals surface area contributed by atoms with E-state index in [9.17, 15) is 18.0 Å². The average molecular weight is 427 g/mol. The standard InChI is InChI=1S/C20H22ClF3N4O/c1-10-7-8-25-20(27-10)26-9-12-3-5-13(6-4-12)28-19(29)14-15(21)18(24)17(23)11(2)16(14)22/h7-8,12-13H,3-6,9H2,1-2H3,(H,28,29)(H,25,26,27). The van der Waals surface area contributed by atoms with Crippen molar-refractivity contribution < 1.29 is 18.0 Å². The highest BCUT2D eigenvalue weighted by Crippen LogP contribution is 2.30. The van der Waals surface area contributed by atoms with E-state index < -0.39 is 39.5 Å². The number of nitrogens with zero attached hydrogens (tertiary/aromatic N) is 2. The van der Waals surface area contributed by atoms with Crippen LogP contribution >= 0.6 is 11.6 Å². The summed E-state index contributed by atoms with van der Waals surface area (Å²) in [6.07, 6.45) is 4.76. The summed E-state index contributed by atoms with van der Waals surface area (Å²) in [7, 11) is 0. The van der Waals surface area contributed by atoms with Gasteiger partial charge in [0.05, 0.1) is 10.6 Å². The van der Waals surface area contributed by atoms with Crippen LogP contribution in [-0.2, 0) is 0 Å². The maximum Gasteiger partial charge on any atom is 0.256 e. The van der Waals surface area contributed by atoms with E-state index >= 15 is 0 Å². The maximum absolute atomic E-state index is 14.3. The third kappa shape index (κ3) is 4.80. The molecule has 2 aromatic rings. The Hall–Kier alpha value is -2.35. The second-order valence-corrected chi connectivity index (χ2v) is 7.73. The monoisotopic (exact) mass is 426 g/mol. The second-order valence-electron chi connectivity index (χ2n) is 7.35. The van der Waals surface area contributed by atoms with Crippen LogP contribution in [0.4, 0.5) is 19.1 Å². The predicted octanol–water partition coefficient (Wildman–Crippen LogP) is 4.56. The van der Waals surface area contributed by atoms with Crippen LogP contribution in [-0.4, -0.2) is 28.5 Å². The minimum atomic E-state index is -1.41. The van der Waals surface area contributed by atoms with Gasteiger partial charge in [-0.15, -0.1) is 0 Å². The van der Waals surface area contributed by atoms with Gasteiger partial charge in [-0.05, 0) is 51.5 Å². The summed E-state index contributed by atoms with van der Waals surface area (Å²) in [5, 5.41) is 5.08. The van der Waals surface area contributed by atoms with Gasteiger partial charge in [-0.2, -0.15) is 0 Å². The molecule has 0 aliphatic heterocycles. The van der Waals surface area contributed by atoms with Crippen molar-refractivity contribution in [3.05, 3.63) is 51.6 Å². The molecule has 29 heavy (non-hydrogen) atoms. The molecule has 1 aliphatic carbocycles. The van der Waals surface area contributed by atoms with Gasteiger partial charge in [-0.3, -0.25) is 4.79 Å². The Morgan fingerprint density at radius 1 is 1.14 bits per heavy atom. The number of anilines is 1. The first-order valence-electron chi connectivity index (χ1n) is 9.44. The van der Waals surface area contributed by atoms with Crippen LogP contribution in [0.1, 0.15) is 47.3 Å². The average Bonchev–Trinajstić information content (AvgIpc) is 2.70. The van der Waals surface area contributed by atoms with Crippen molar-refractivity contribution in [1.82, 2.24) is 15.3 Å². The fourth-order valence-electron chi connectivity index (χ4n) is 3.49. The summed E-state index contributed by atoms with van der Waals surface area (Å²) in [5.74, 6) is -3.79. The van der Waals surface area contributed by atoms with E-state index in [1.165, 1.54) is 0 Å². The van der Waals surface area contributed by atoms with Crippen molar-refractivity contribution in [2.75, 3.05) is 11.9 Å². The molecule has 9 heteroatoms. The molecule has 5 nitrogen and oxygen atoms in total. The quantitative estimate of drug-likeness (QED) is 0.543. The lowest BCUT2D eigenvalue weighted by Gasteiger charge is -2.29. The number of aryl methyl sites for hydroxylation is 1. The molecule has 0 spiro atoms. The first-order valence-corrected chi connectivity index (χ1v) is 9.82. The molecule has 1 saturated carbocycles. The minimum Gasteiger partial charge on any atom is -0.354 e. The van der Waals surface area contributed by atoms with E-state index in [1.54, 1.807) is 6.20 Å². The Kier molecular flexibility index (Phi) is 6.62. The van der Waals surface area contributed by atoms with Crippen LogP contribution < -0.4 is 10.6 Å². The van der Waals surface area contributed by atoms with Crippen molar-refractivity contribution in [1.29, 1.82) is 0 Å². The van der Waals surface area contributed by atoms with Crippen molar-refractivity contribution >= 4 is 23.5 Å². The predicted molar refractivity (Wildman–Crippen MR) is 105 cm³/mol. The largest absolute Gasteiger partial charge is 0.354 e. The molecule has 1 heterocycles. The van der Waals surface area contributed by atoms with Gasteiger partial charge in [0.25, 0.3) is 5.91 Å². The second kappa shape index (κ2) is 8.98. The van der Waals surface area contributed by atoms with E-state index in [1.807, 2.05) is 13.0 Å². The van der Waals surface area contributed by atoms with Crippen LogP contribution in [0.15, 0.2) is 12.3 Å². The number of aromatic nitrogens is 2. The highest BCUT2D eigenvalue weighted by Gasteiger charge is 2.29. The van der Waals surface area contributed by atoms with E-state index in [0.29, 0.717) is 31.3 Å². The summed E-state index contributed by atoms with van der Waals surface area (Å²) >= 11 is 5.69. The lowest BCUT2D eigenvalue weighted by molar-refractivity contribution is 0.0918. The topological polar surface area (TPSA) is 66.9 Å². The number of carbonyl (C=O) groups is 1. The van der Waals surface area contributed by atoms with Crippen molar-refractivity contribution in [2.45, 2.75) is 45.6 Å². The zero-order valence-corrected chi connectivity index (χ0v) is 16.9. The molecule has 0 saturated heterocycles. The smallest absolute Gasteiger partial charge is 0.256 e. The number of benzene rings is 1. The zero-order chi connectivity index (χ0) is 21.1. The van der Waals surface area contributed by atoms with Crippen LogP contribution in [0.25, 0.3) is 0 Å². The molecule has 1 fully saturated rings. The van der Waals surface area contributed by atoms with Gasteiger partial charge in [-0.25, -0.2) is 23.1 Å². The number of hydrogen-bond acceptors (Lipinski definition) is 4. The van der Waals surface area contributed by atoms with Crippen molar-refractivity contribution in [3.63, 3.8) is 0 Å². The van der Waals surface area contributed by atoms with E-state index in [0.717, 1.165) is 25.5 Å². The Morgan fingerprint density at radius 2 is 1.83 bits per heavy atom. The molecule has 0 bridgehead atoms. The molecule has 0 unspecified atom stereocenters. The number of halogens is 4. The number of rotatable bonds is 5. The molecule has 0 radical (unpaired) electrons. The summed E-state index contributed by atoms with van der Waals surface area (Å²) in [5.41, 5.74) is -0.332. The molecule has 156 valence electrons. The van der Waals surface area contributed by atoms with Crippen molar-refractivity contribution in [2.24, 2.45) is 5.92 Å². The Labute approximate surface area is 172 Å². The fourth-order valence-corrected chi connectivity index (χ4v) is 3.74. The van der Waals surface area contributed by atoms with Gasteiger partial charge in [0.2, 0.25) is 5.95 Å². The zero-order valence-electron chi connectivity index (χ0n) is 16.2. The maximum atomic E-state index is 14.3. The Balaban J connectivity index is 1.55. The van der Waals surface area contributed by atoms with Crippen LogP contribution in [0.5, 0.6) is 0 Å². The van der Waals surface area contributed by atoms with Crippen molar-refractivity contribution in [3.8, 4) is 0 Å². The number of hydrogen-bond donors (Lipinski definition) is 2. The van der Waals surface area contributed by atoms with Crippen LogP contribution in [0.3, 0.4) is 0 Å². The summed E-state index contributed by atoms with van der Waals surface area (Å²) in [6, 6.07) is 1.64. The van der Waals surface area contributed by atoms with Gasteiger partial charge >= 0.3 is 0 Å². The SMILES string of the molecule is Cc1ccnc(NCC2CCC(NC(=O)c3c(F)c(C)c(F)c(F)c3Cl)CC2)n1. The highest BCUT2D eigenvalue weighted by atomic mass is 35.5. The van der Waals surface area contributed by atoms with E-state index in [4.69, 9.17) is 11.6 Å². The highest BCUT2D eigenvalue weighted by molar-refractivity contribution is 6.34. The molecule has 2 N–H and O–H groups in total. The molecular weight excluding hydrogens is 405 g/mol. The van der Waals surface area contributed by atoms with Crippen LogP contribution in [0.2, 0.25) is 5.02 Å². The van der Waals surface area contributed by atoms with Gasteiger partial charge in [0, 0.05) is 30.0 Å². The van der Waals surface area contributed by atoms with Gasteiger partial charge in [-0.1, -0.05) is 11.6 Å². The van der Waals surface area contributed by atoms with Gasteiger partial charge in [0.1, 0.15) is 5.82 Å². The molecule has 1 aromatic heterocycles. The molecular formula is C20H22ClF3N4O. The molecule has 1 aromatic carbocycles. The molecule has 1 aliphatic rings. The first kappa shape index (κ1) is 21.4. The minimum absolute atomic E-state index is 0.183. The third-order valence-electron chi connectivity index (χ3n) is 5.24. The Bertz CT molecular complexity index is 888. The van der Waals surface area contributed by atoms with Gasteiger partial charge in [0.15, 0.2) is 11.6 Å². The van der Waals surface area contributed by atoms with E-state index in [-0.39, 0.29) is 6.04 Å². The third-order valence-corrected chi connectivity index (χ3v) is 5.59. The number of carbonyl (C=O) groups excluding carboxylic acids is 1. The lowest BCUT2D eigenvalue weighted by Crippen LogP contribution is -2.39. The first-order chi connectivity index (χ1) is 13.8. The van der Waals surface area contributed by atoms with Crippen LogP contribution in [0, 0.1) is 37.2 Å².